The number of aryl methyl sites for hydroxylation is 3. The highest BCUT2D eigenvalue weighted by Crippen LogP contribution is 2.38. The van der Waals surface area contributed by atoms with Crippen molar-refractivity contribution in [1.29, 1.82) is 0 Å². The second-order valence-corrected chi connectivity index (χ2v) is 21.7. The zero-order valence-electron chi connectivity index (χ0n) is 44.7. The smallest absolute Gasteiger partial charge is 0.416 e. The van der Waals surface area contributed by atoms with Crippen LogP contribution in [-0.2, 0) is 70.3 Å². The number of hydrogen-bond donors (Lipinski definition) is 1. The molecule has 420 valence electrons. The van der Waals surface area contributed by atoms with Crippen LogP contribution in [0, 0.1) is 0 Å². The predicted octanol–water partition coefficient (Wildman–Crippen LogP) is 14.9. The topological polar surface area (TPSA) is 153 Å². The standard InChI is InChI=1S/C31H34F3N3O3S.C27H28F3N3O4S/c1-6-8-10-24-26(41-29(36-24)20-11-13-21(14-12-20)31(32,33)34)18-37-16-15-23-22(9-7-2)25(17-35-28(23)37)39-19-27(38)40-30(3,4)5;1-3-5-7-21-23(38-26(32-21)17-8-10-18(11-9-17)27(28,29)30)15-33-13-12-20-19(6-4-2)22(14-31-25(20)33)36-16-24(34)37-35/h7,11-17H,2,6,8-10,18-19H2,1,3-5H3;8-14,35H,3-7,15-16H2,1-2H3. The Hall–Kier alpha value is -7.10. The summed E-state index contributed by atoms with van der Waals surface area (Å²) in [4.78, 5) is 48.1. The molecule has 21 heteroatoms. The molecule has 0 aliphatic carbocycles. The minimum atomic E-state index is -4.38. The molecule has 8 aromatic rings. The maximum absolute atomic E-state index is 13.1. The zero-order chi connectivity index (χ0) is 57.1. The van der Waals surface area contributed by atoms with Crippen LogP contribution in [0.2, 0.25) is 0 Å². The maximum atomic E-state index is 13.1. The molecule has 13 nitrogen and oxygen atoms in total. The van der Waals surface area contributed by atoms with Gasteiger partial charge in [-0.05, 0) is 95.7 Å². The highest BCUT2D eigenvalue weighted by atomic mass is 32.1. The van der Waals surface area contributed by atoms with Gasteiger partial charge in [0, 0.05) is 55.2 Å². The van der Waals surface area contributed by atoms with Gasteiger partial charge in [-0.3, -0.25) is 4.89 Å². The van der Waals surface area contributed by atoms with E-state index in [-0.39, 0.29) is 6.61 Å². The van der Waals surface area contributed by atoms with Crippen LogP contribution in [0.25, 0.3) is 43.2 Å². The van der Waals surface area contributed by atoms with Gasteiger partial charge in [-0.15, -0.1) is 29.3 Å². The number of aromatic nitrogens is 6. The van der Waals surface area contributed by atoms with Gasteiger partial charge < -0.3 is 23.3 Å². The van der Waals surface area contributed by atoms with Crippen molar-refractivity contribution in [3.63, 3.8) is 0 Å². The number of ether oxygens (including phenoxy) is 3. The van der Waals surface area contributed by atoms with E-state index in [9.17, 15) is 35.9 Å². The molecule has 0 saturated heterocycles. The molecule has 2 aromatic carbocycles. The van der Waals surface area contributed by atoms with Gasteiger partial charge >= 0.3 is 24.3 Å². The van der Waals surface area contributed by atoms with Crippen molar-refractivity contribution in [2.75, 3.05) is 13.2 Å². The number of unbranched alkanes of at least 4 members (excludes halogenated alkanes) is 2. The lowest BCUT2D eigenvalue weighted by Crippen LogP contribution is -2.27. The number of carbonyl (C=O) groups excluding carboxylic acids is 2. The predicted molar refractivity (Wildman–Crippen MR) is 293 cm³/mol. The Morgan fingerprint density at radius 2 is 1.08 bits per heavy atom. The van der Waals surface area contributed by atoms with E-state index < -0.39 is 47.6 Å². The maximum Gasteiger partial charge on any atom is 0.416 e. The molecular formula is C58H62F6N6O7S2. The second kappa shape index (κ2) is 26.2. The first-order chi connectivity index (χ1) is 37.6. The van der Waals surface area contributed by atoms with Crippen molar-refractivity contribution in [2.24, 2.45) is 0 Å². The van der Waals surface area contributed by atoms with E-state index in [2.05, 4.69) is 35.3 Å². The lowest BCUT2D eigenvalue weighted by molar-refractivity contribution is -0.236. The number of fused-ring (bicyclic) bond motifs is 2. The summed E-state index contributed by atoms with van der Waals surface area (Å²) in [5.41, 5.74) is 4.47. The van der Waals surface area contributed by atoms with E-state index in [1.54, 1.807) is 39.2 Å². The molecule has 0 atom stereocenters. The zero-order valence-corrected chi connectivity index (χ0v) is 46.4. The first-order valence-electron chi connectivity index (χ1n) is 25.8. The number of esters is 1. The van der Waals surface area contributed by atoms with E-state index in [4.69, 9.17) is 29.4 Å². The van der Waals surface area contributed by atoms with E-state index in [0.29, 0.717) is 58.6 Å². The number of thiazole rings is 2. The molecule has 79 heavy (non-hydrogen) atoms. The van der Waals surface area contributed by atoms with Gasteiger partial charge in [-0.1, -0.05) is 70.4 Å². The molecule has 0 aliphatic heterocycles. The molecule has 0 bridgehead atoms. The third kappa shape index (κ3) is 15.4. The van der Waals surface area contributed by atoms with Gasteiger partial charge in [0.2, 0.25) is 0 Å². The van der Waals surface area contributed by atoms with E-state index in [1.165, 1.54) is 46.9 Å². The largest absolute Gasteiger partial charge is 0.480 e. The monoisotopic (exact) mass is 1130 g/mol. The Morgan fingerprint density at radius 1 is 0.633 bits per heavy atom. The Labute approximate surface area is 461 Å². The molecule has 0 saturated carbocycles. The highest BCUT2D eigenvalue weighted by Gasteiger charge is 2.31. The Bertz CT molecular complexity index is 3360. The van der Waals surface area contributed by atoms with Gasteiger partial charge in [0.25, 0.3) is 0 Å². The highest BCUT2D eigenvalue weighted by molar-refractivity contribution is 7.15. The number of nitrogens with zero attached hydrogens (tertiary/aromatic N) is 6. The lowest BCUT2D eigenvalue weighted by Gasteiger charge is -2.20. The van der Waals surface area contributed by atoms with Gasteiger partial charge in [0.05, 0.1) is 48.0 Å². The van der Waals surface area contributed by atoms with Gasteiger partial charge in [-0.2, -0.15) is 31.6 Å². The fraction of sp³-hybridized carbons (Fsp3) is 0.379. The Kier molecular flexibility index (Phi) is 19.8. The SMILES string of the molecule is C=CCc1c(OCC(=O)OC(C)(C)C)cnc2c1ccn2Cc1sc(-c2ccc(C(F)(F)F)cc2)nc1CCCC.CCCCc1nc(-c2ccc(C(F)(F)F)cc2)sc1Cn1ccc2c(CCC)c(OCC(=O)OO)cnc21. The van der Waals surface area contributed by atoms with E-state index >= 15 is 0 Å². The minimum Gasteiger partial charge on any atom is -0.480 e. The summed E-state index contributed by atoms with van der Waals surface area (Å²) in [6, 6.07) is 14.1. The van der Waals surface area contributed by atoms with Crippen molar-refractivity contribution >= 4 is 56.7 Å². The third-order valence-electron chi connectivity index (χ3n) is 12.4. The summed E-state index contributed by atoms with van der Waals surface area (Å²) in [5, 5.41) is 11.6. The first kappa shape index (κ1) is 59.6. The van der Waals surface area contributed by atoms with E-state index in [1.807, 2.05) is 40.6 Å². The quantitative estimate of drug-likeness (QED) is 0.0227. The molecule has 6 heterocycles. The van der Waals surface area contributed by atoms with E-state index in [0.717, 1.165) is 124 Å². The molecule has 0 unspecified atom stereocenters. The first-order valence-corrected chi connectivity index (χ1v) is 27.5. The minimum absolute atomic E-state index is 0.232. The average Bonchev–Trinajstić information content (AvgIpc) is 4.33. The molecular weight excluding hydrogens is 1070 g/mol. The van der Waals surface area contributed by atoms with Gasteiger partial charge in [0.15, 0.2) is 13.2 Å². The molecule has 8 rings (SSSR count). The van der Waals surface area contributed by atoms with Gasteiger partial charge in [-0.25, -0.2) is 29.5 Å². The van der Waals surface area contributed by atoms with Crippen LogP contribution in [0.15, 0.2) is 98.1 Å². The van der Waals surface area contributed by atoms with Crippen LogP contribution in [0.5, 0.6) is 11.5 Å². The van der Waals surface area contributed by atoms with Crippen molar-refractivity contribution in [3.05, 3.63) is 142 Å². The number of halogens is 6. The summed E-state index contributed by atoms with van der Waals surface area (Å²) in [6.07, 6.45) is 7.57. The summed E-state index contributed by atoms with van der Waals surface area (Å²) >= 11 is 2.96. The van der Waals surface area contributed by atoms with Crippen LogP contribution < -0.4 is 9.47 Å². The van der Waals surface area contributed by atoms with Crippen molar-refractivity contribution in [2.45, 2.75) is 130 Å². The van der Waals surface area contributed by atoms with Crippen LogP contribution in [0.3, 0.4) is 0 Å². The van der Waals surface area contributed by atoms with Crippen LogP contribution in [0.4, 0.5) is 26.3 Å². The number of benzene rings is 2. The summed E-state index contributed by atoms with van der Waals surface area (Å²) in [5.74, 6) is -0.423. The van der Waals surface area contributed by atoms with Crippen molar-refractivity contribution in [1.82, 2.24) is 29.1 Å². The second-order valence-electron chi connectivity index (χ2n) is 19.6. The average molecular weight is 1130 g/mol. The number of hydrogen-bond acceptors (Lipinski definition) is 13. The number of alkyl halides is 6. The lowest BCUT2D eigenvalue weighted by atomic mass is 10.1. The van der Waals surface area contributed by atoms with Crippen LogP contribution in [-0.4, -0.2) is 65.1 Å². The van der Waals surface area contributed by atoms with Crippen molar-refractivity contribution in [3.8, 4) is 32.6 Å². The summed E-state index contributed by atoms with van der Waals surface area (Å²) in [7, 11) is 0. The molecule has 0 fully saturated rings. The molecule has 0 amide bonds. The summed E-state index contributed by atoms with van der Waals surface area (Å²) in [6.45, 7) is 15.9. The molecule has 1 N–H and O–H groups in total. The van der Waals surface area contributed by atoms with Crippen LogP contribution >= 0.6 is 22.7 Å². The number of pyridine rings is 2. The molecule has 0 spiro atoms. The van der Waals surface area contributed by atoms with Crippen molar-refractivity contribution < 1.29 is 60.3 Å². The summed E-state index contributed by atoms with van der Waals surface area (Å²) < 4.78 is 98.9. The number of allylic oxidation sites excluding steroid dienone is 1. The van der Waals surface area contributed by atoms with Crippen LogP contribution in [0.1, 0.15) is 117 Å². The Balaban J connectivity index is 0.000000229. The fourth-order valence-corrected chi connectivity index (χ4v) is 10.9. The Morgan fingerprint density at radius 3 is 1.48 bits per heavy atom. The molecule has 6 aromatic heterocycles. The van der Waals surface area contributed by atoms with Gasteiger partial charge in [0.1, 0.15) is 38.4 Å². The third-order valence-corrected chi connectivity index (χ3v) is 14.7. The number of rotatable bonds is 22. The molecule has 0 radical (unpaired) electrons. The molecule has 0 aliphatic rings. The number of carbonyl (C=O) groups is 2. The normalized spacial score (nSPS) is 11.9. The fourth-order valence-electron chi connectivity index (χ4n) is 8.64.